The van der Waals surface area contributed by atoms with E-state index in [2.05, 4.69) is 24.9 Å². The summed E-state index contributed by atoms with van der Waals surface area (Å²) in [6.45, 7) is 4.47. The van der Waals surface area contributed by atoms with E-state index < -0.39 is 0 Å². The summed E-state index contributed by atoms with van der Waals surface area (Å²) in [5, 5.41) is 0. The Bertz CT molecular complexity index is 550. The zero-order valence-corrected chi connectivity index (χ0v) is 11.0. The SMILES string of the molecule is CC1CC2[C@H]3Cn4c(cccc4=O)[C@@H](CN2C)[C@H]13. The molecule has 96 valence electrons. The number of nitrogens with zero attached hydrogens (tertiary/aromatic N) is 2. The van der Waals surface area contributed by atoms with Crippen molar-refractivity contribution in [3.8, 4) is 0 Å². The summed E-state index contributed by atoms with van der Waals surface area (Å²) >= 11 is 0. The van der Waals surface area contributed by atoms with Crippen molar-refractivity contribution >= 4 is 0 Å². The molecule has 4 rings (SSSR count). The van der Waals surface area contributed by atoms with Gasteiger partial charge in [-0.2, -0.15) is 0 Å². The maximum atomic E-state index is 12.0. The molecule has 0 spiro atoms. The molecule has 0 amide bonds. The van der Waals surface area contributed by atoms with Crippen LogP contribution in [0.25, 0.3) is 0 Å². The highest BCUT2D eigenvalue weighted by molar-refractivity contribution is 5.22. The molecule has 2 fully saturated rings. The van der Waals surface area contributed by atoms with Crippen LogP contribution in [0.2, 0.25) is 0 Å². The monoisotopic (exact) mass is 244 g/mol. The van der Waals surface area contributed by atoms with E-state index >= 15 is 0 Å². The second-order valence-corrected chi connectivity index (χ2v) is 6.47. The molecule has 3 heterocycles. The first kappa shape index (κ1) is 10.8. The summed E-state index contributed by atoms with van der Waals surface area (Å²) in [7, 11) is 2.26. The van der Waals surface area contributed by atoms with Crippen LogP contribution in [0, 0.1) is 17.8 Å². The number of piperidine rings is 1. The van der Waals surface area contributed by atoms with E-state index in [0.717, 1.165) is 24.9 Å². The van der Waals surface area contributed by atoms with Crippen LogP contribution < -0.4 is 5.56 Å². The highest BCUT2D eigenvalue weighted by Gasteiger charge is 2.53. The van der Waals surface area contributed by atoms with Crippen LogP contribution >= 0.6 is 0 Å². The predicted octanol–water partition coefficient (Wildman–Crippen LogP) is 1.53. The number of likely N-dealkylation sites (tertiary alicyclic amines) is 1. The summed E-state index contributed by atoms with van der Waals surface area (Å²) in [6.07, 6.45) is 1.31. The number of fused-ring (bicyclic) bond motifs is 2. The Labute approximate surface area is 107 Å². The van der Waals surface area contributed by atoms with Crippen LogP contribution in [0.15, 0.2) is 23.0 Å². The zero-order chi connectivity index (χ0) is 12.4. The molecule has 1 aromatic rings. The molecule has 3 nitrogen and oxygen atoms in total. The third-order valence-corrected chi connectivity index (χ3v) is 5.63. The van der Waals surface area contributed by atoms with E-state index in [0.29, 0.717) is 17.9 Å². The van der Waals surface area contributed by atoms with Gasteiger partial charge in [-0.1, -0.05) is 13.0 Å². The third kappa shape index (κ3) is 1.21. The van der Waals surface area contributed by atoms with E-state index in [4.69, 9.17) is 0 Å². The van der Waals surface area contributed by atoms with Gasteiger partial charge in [0.25, 0.3) is 5.56 Å². The highest BCUT2D eigenvalue weighted by Crippen LogP contribution is 2.53. The summed E-state index contributed by atoms with van der Waals surface area (Å²) < 4.78 is 2.05. The number of likely N-dealkylation sites (N-methyl/N-ethyl adjacent to an activating group) is 1. The van der Waals surface area contributed by atoms with Crippen LogP contribution in [-0.2, 0) is 6.54 Å². The molecule has 5 atom stereocenters. The normalized spacial score (nSPS) is 41.8. The van der Waals surface area contributed by atoms with Crippen molar-refractivity contribution in [1.82, 2.24) is 9.47 Å². The van der Waals surface area contributed by atoms with Crippen molar-refractivity contribution < 1.29 is 0 Å². The average molecular weight is 244 g/mol. The molecule has 2 aliphatic heterocycles. The van der Waals surface area contributed by atoms with Crippen molar-refractivity contribution in [3.05, 3.63) is 34.2 Å². The van der Waals surface area contributed by atoms with Crippen LogP contribution in [-0.4, -0.2) is 29.1 Å². The Kier molecular flexibility index (Phi) is 2.08. The molecular formula is C15H20N2O. The molecule has 0 radical (unpaired) electrons. The zero-order valence-electron chi connectivity index (χ0n) is 11.0. The van der Waals surface area contributed by atoms with Gasteiger partial charge in [-0.25, -0.2) is 0 Å². The molecule has 1 aromatic heterocycles. The molecule has 1 aliphatic carbocycles. The Balaban J connectivity index is 1.91. The van der Waals surface area contributed by atoms with Crippen molar-refractivity contribution in [3.63, 3.8) is 0 Å². The van der Waals surface area contributed by atoms with Gasteiger partial charge in [0.15, 0.2) is 0 Å². The van der Waals surface area contributed by atoms with Crippen LogP contribution in [0.3, 0.4) is 0 Å². The van der Waals surface area contributed by atoms with Gasteiger partial charge >= 0.3 is 0 Å². The lowest BCUT2D eigenvalue weighted by atomic mass is 9.72. The number of pyridine rings is 1. The van der Waals surface area contributed by atoms with Crippen molar-refractivity contribution in [2.45, 2.75) is 31.8 Å². The number of hydrogen-bond donors (Lipinski definition) is 0. The lowest BCUT2D eigenvalue weighted by Gasteiger charge is -2.47. The number of rotatable bonds is 0. The second-order valence-electron chi connectivity index (χ2n) is 6.47. The van der Waals surface area contributed by atoms with E-state index in [-0.39, 0.29) is 5.56 Å². The molecule has 18 heavy (non-hydrogen) atoms. The van der Waals surface area contributed by atoms with Gasteiger partial charge in [-0.05, 0) is 37.3 Å². The van der Waals surface area contributed by atoms with E-state index in [9.17, 15) is 4.79 Å². The first-order chi connectivity index (χ1) is 8.66. The van der Waals surface area contributed by atoms with Crippen molar-refractivity contribution in [2.24, 2.45) is 17.8 Å². The lowest BCUT2D eigenvalue weighted by Crippen LogP contribution is -2.52. The van der Waals surface area contributed by atoms with Gasteiger partial charge in [0.05, 0.1) is 0 Å². The van der Waals surface area contributed by atoms with Crippen molar-refractivity contribution in [2.75, 3.05) is 13.6 Å². The molecule has 1 saturated carbocycles. The molecule has 2 unspecified atom stereocenters. The smallest absolute Gasteiger partial charge is 0.250 e. The molecule has 4 bridgehead atoms. The van der Waals surface area contributed by atoms with Gasteiger partial charge in [-0.15, -0.1) is 0 Å². The summed E-state index contributed by atoms with van der Waals surface area (Å²) in [5.74, 6) is 2.86. The predicted molar refractivity (Wildman–Crippen MR) is 70.6 cm³/mol. The molecule has 3 heteroatoms. The maximum Gasteiger partial charge on any atom is 0.250 e. The largest absolute Gasteiger partial charge is 0.312 e. The maximum absolute atomic E-state index is 12.0. The minimum absolute atomic E-state index is 0.193. The van der Waals surface area contributed by atoms with Gasteiger partial charge in [-0.3, -0.25) is 4.79 Å². The quantitative estimate of drug-likeness (QED) is 0.691. The first-order valence-electron chi connectivity index (χ1n) is 7.07. The molecule has 0 aromatic carbocycles. The minimum Gasteiger partial charge on any atom is -0.312 e. The molecular weight excluding hydrogens is 224 g/mol. The van der Waals surface area contributed by atoms with Crippen LogP contribution in [0.5, 0.6) is 0 Å². The van der Waals surface area contributed by atoms with Gasteiger partial charge in [0, 0.05) is 36.8 Å². The number of hydrogen-bond acceptors (Lipinski definition) is 2. The fraction of sp³-hybridized carbons (Fsp3) is 0.667. The lowest BCUT2D eigenvalue weighted by molar-refractivity contribution is 0.0600. The van der Waals surface area contributed by atoms with E-state index in [1.165, 1.54) is 12.1 Å². The van der Waals surface area contributed by atoms with Gasteiger partial charge in [0.1, 0.15) is 0 Å². The van der Waals surface area contributed by atoms with Gasteiger partial charge < -0.3 is 9.47 Å². The summed E-state index contributed by atoms with van der Waals surface area (Å²) in [5.41, 5.74) is 1.47. The Morgan fingerprint density at radius 1 is 1.28 bits per heavy atom. The van der Waals surface area contributed by atoms with Crippen molar-refractivity contribution in [1.29, 1.82) is 0 Å². The summed E-state index contributed by atoms with van der Waals surface area (Å²) in [6, 6.07) is 6.50. The molecule has 3 aliphatic rings. The van der Waals surface area contributed by atoms with E-state index in [1.54, 1.807) is 6.07 Å². The standard InChI is InChI=1S/C15H20N2O/c1-9-6-13-11-8-17-12(4-3-5-14(17)18)10(15(9)11)7-16(13)2/h3-5,9-11,13,15H,6-8H2,1-2H3/t9?,10-,11-,13?,15+/m1/s1. The highest BCUT2D eigenvalue weighted by atomic mass is 16.1. The fourth-order valence-corrected chi connectivity index (χ4v) is 4.96. The van der Waals surface area contributed by atoms with Crippen LogP contribution in [0.4, 0.5) is 0 Å². The minimum atomic E-state index is 0.193. The summed E-state index contributed by atoms with van der Waals surface area (Å²) in [4.78, 5) is 14.6. The average Bonchev–Trinajstić information content (AvgIpc) is 2.60. The Hall–Kier alpha value is -1.09. The third-order valence-electron chi connectivity index (χ3n) is 5.63. The van der Waals surface area contributed by atoms with Gasteiger partial charge in [0.2, 0.25) is 0 Å². The topological polar surface area (TPSA) is 25.2 Å². The first-order valence-corrected chi connectivity index (χ1v) is 7.07. The molecule has 1 saturated heterocycles. The molecule has 0 N–H and O–H groups in total. The second kappa shape index (κ2) is 3.47. The Morgan fingerprint density at radius 3 is 2.94 bits per heavy atom. The van der Waals surface area contributed by atoms with E-state index in [1.807, 2.05) is 10.6 Å². The fourth-order valence-electron chi connectivity index (χ4n) is 4.96. The Morgan fingerprint density at radius 2 is 2.11 bits per heavy atom. The number of aromatic nitrogens is 1. The van der Waals surface area contributed by atoms with Crippen LogP contribution in [0.1, 0.15) is 25.0 Å².